The standard InChI is InChI=1S/C13H19NO2/c1-4-5-10(3)14-13(16)11-8-9(2)6-7-12(11)15/h6-8,10,15H,4-5H2,1-3H3,(H,14,16). The topological polar surface area (TPSA) is 49.3 Å². The molecule has 0 saturated heterocycles. The average molecular weight is 221 g/mol. The molecule has 1 unspecified atom stereocenters. The first-order valence-corrected chi connectivity index (χ1v) is 5.65. The number of amides is 1. The van der Waals surface area contributed by atoms with Crippen LogP contribution in [-0.2, 0) is 0 Å². The third-order valence-corrected chi connectivity index (χ3v) is 2.50. The molecule has 16 heavy (non-hydrogen) atoms. The lowest BCUT2D eigenvalue weighted by Crippen LogP contribution is -2.32. The predicted octanol–water partition coefficient (Wildman–Crippen LogP) is 2.62. The van der Waals surface area contributed by atoms with Gasteiger partial charge in [0, 0.05) is 6.04 Å². The van der Waals surface area contributed by atoms with Crippen molar-refractivity contribution in [3.05, 3.63) is 29.3 Å². The second-order valence-corrected chi connectivity index (χ2v) is 4.18. The first-order valence-electron chi connectivity index (χ1n) is 5.65. The molecule has 3 nitrogen and oxygen atoms in total. The molecule has 0 bridgehead atoms. The van der Waals surface area contributed by atoms with Crippen LogP contribution in [0.1, 0.15) is 42.6 Å². The second kappa shape index (κ2) is 5.54. The van der Waals surface area contributed by atoms with Crippen LogP contribution in [0.4, 0.5) is 0 Å². The van der Waals surface area contributed by atoms with E-state index in [0.29, 0.717) is 5.56 Å². The summed E-state index contributed by atoms with van der Waals surface area (Å²) in [6.45, 7) is 5.94. The van der Waals surface area contributed by atoms with E-state index in [9.17, 15) is 9.90 Å². The number of carbonyl (C=O) groups is 1. The van der Waals surface area contributed by atoms with Gasteiger partial charge >= 0.3 is 0 Å². The highest BCUT2D eigenvalue weighted by Gasteiger charge is 2.13. The van der Waals surface area contributed by atoms with E-state index < -0.39 is 0 Å². The van der Waals surface area contributed by atoms with Crippen LogP contribution in [0.2, 0.25) is 0 Å². The van der Waals surface area contributed by atoms with Crippen molar-refractivity contribution in [1.29, 1.82) is 0 Å². The van der Waals surface area contributed by atoms with Crippen molar-refractivity contribution in [3.8, 4) is 5.75 Å². The number of aryl methyl sites for hydroxylation is 1. The van der Waals surface area contributed by atoms with Crippen molar-refractivity contribution < 1.29 is 9.90 Å². The summed E-state index contributed by atoms with van der Waals surface area (Å²) in [5.74, 6) is -0.172. The van der Waals surface area contributed by atoms with Gasteiger partial charge in [0.1, 0.15) is 5.75 Å². The highest BCUT2D eigenvalue weighted by Crippen LogP contribution is 2.18. The van der Waals surface area contributed by atoms with E-state index in [0.717, 1.165) is 18.4 Å². The largest absolute Gasteiger partial charge is 0.507 e. The highest BCUT2D eigenvalue weighted by atomic mass is 16.3. The number of rotatable bonds is 4. The Bertz CT molecular complexity index is 374. The summed E-state index contributed by atoms with van der Waals surface area (Å²) < 4.78 is 0. The number of phenolic OH excluding ortho intramolecular Hbond substituents is 1. The van der Waals surface area contributed by atoms with Crippen molar-refractivity contribution in [1.82, 2.24) is 5.32 Å². The molecule has 0 aromatic heterocycles. The van der Waals surface area contributed by atoms with Crippen molar-refractivity contribution in [3.63, 3.8) is 0 Å². The summed E-state index contributed by atoms with van der Waals surface area (Å²) in [6, 6.07) is 5.16. The molecule has 3 heteroatoms. The minimum absolute atomic E-state index is 0.0341. The van der Waals surface area contributed by atoms with Crippen molar-refractivity contribution in [2.45, 2.75) is 39.7 Å². The predicted molar refractivity (Wildman–Crippen MR) is 64.7 cm³/mol. The first kappa shape index (κ1) is 12.6. The molecule has 1 atom stereocenters. The Morgan fingerprint density at radius 2 is 2.19 bits per heavy atom. The minimum atomic E-state index is -0.206. The zero-order chi connectivity index (χ0) is 12.1. The van der Waals surface area contributed by atoms with Gasteiger partial charge in [-0.05, 0) is 32.4 Å². The van der Waals surface area contributed by atoms with Gasteiger partial charge in [0.2, 0.25) is 0 Å². The van der Waals surface area contributed by atoms with Crippen LogP contribution in [-0.4, -0.2) is 17.1 Å². The summed E-state index contributed by atoms with van der Waals surface area (Å²) in [6.07, 6.45) is 1.97. The molecule has 1 rings (SSSR count). The Morgan fingerprint density at radius 3 is 2.81 bits per heavy atom. The van der Waals surface area contributed by atoms with E-state index in [4.69, 9.17) is 0 Å². The Morgan fingerprint density at radius 1 is 1.50 bits per heavy atom. The lowest BCUT2D eigenvalue weighted by molar-refractivity contribution is 0.0935. The third kappa shape index (κ3) is 3.26. The van der Waals surface area contributed by atoms with Gasteiger partial charge in [0.05, 0.1) is 5.56 Å². The summed E-state index contributed by atoms with van der Waals surface area (Å²) in [5.41, 5.74) is 1.31. The Kier molecular flexibility index (Phi) is 4.35. The maximum Gasteiger partial charge on any atom is 0.255 e. The van der Waals surface area contributed by atoms with Crippen LogP contribution >= 0.6 is 0 Å². The van der Waals surface area contributed by atoms with Gasteiger partial charge in [-0.2, -0.15) is 0 Å². The number of aromatic hydroxyl groups is 1. The molecular formula is C13H19NO2. The summed E-state index contributed by atoms with van der Waals surface area (Å²) in [7, 11) is 0. The number of carbonyl (C=O) groups excluding carboxylic acids is 1. The summed E-state index contributed by atoms with van der Waals surface area (Å²) >= 11 is 0. The minimum Gasteiger partial charge on any atom is -0.507 e. The normalized spacial score (nSPS) is 12.2. The molecule has 1 amide bonds. The molecule has 1 aromatic rings. The van der Waals surface area contributed by atoms with E-state index >= 15 is 0 Å². The summed E-state index contributed by atoms with van der Waals surface area (Å²) in [5, 5.41) is 12.5. The lowest BCUT2D eigenvalue weighted by atomic mass is 10.1. The van der Waals surface area contributed by atoms with Crippen LogP contribution in [0.5, 0.6) is 5.75 Å². The molecule has 0 spiro atoms. The van der Waals surface area contributed by atoms with Gasteiger partial charge in [-0.3, -0.25) is 4.79 Å². The second-order valence-electron chi connectivity index (χ2n) is 4.18. The van der Waals surface area contributed by atoms with Gasteiger partial charge in [0.25, 0.3) is 5.91 Å². The number of hydrogen-bond donors (Lipinski definition) is 2. The number of phenols is 1. The van der Waals surface area contributed by atoms with E-state index in [1.54, 1.807) is 18.2 Å². The number of nitrogens with one attached hydrogen (secondary N) is 1. The van der Waals surface area contributed by atoms with Crippen LogP contribution in [0, 0.1) is 6.92 Å². The van der Waals surface area contributed by atoms with E-state index in [1.807, 2.05) is 13.8 Å². The van der Waals surface area contributed by atoms with E-state index in [2.05, 4.69) is 12.2 Å². The molecule has 0 radical (unpaired) electrons. The highest BCUT2D eigenvalue weighted by molar-refractivity contribution is 5.97. The Balaban J connectivity index is 2.76. The molecular weight excluding hydrogens is 202 g/mol. The van der Waals surface area contributed by atoms with Gasteiger partial charge in [0.15, 0.2) is 0 Å². The van der Waals surface area contributed by atoms with E-state index in [1.165, 1.54) is 0 Å². The van der Waals surface area contributed by atoms with E-state index in [-0.39, 0.29) is 17.7 Å². The zero-order valence-corrected chi connectivity index (χ0v) is 10.1. The smallest absolute Gasteiger partial charge is 0.255 e. The Hall–Kier alpha value is -1.51. The van der Waals surface area contributed by atoms with Crippen LogP contribution in [0.25, 0.3) is 0 Å². The molecule has 0 aliphatic carbocycles. The molecule has 0 aliphatic rings. The fourth-order valence-electron chi connectivity index (χ4n) is 1.64. The van der Waals surface area contributed by atoms with Gasteiger partial charge in [-0.1, -0.05) is 25.0 Å². The number of benzene rings is 1. The van der Waals surface area contributed by atoms with Gasteiger partial charge < -0.3 is 10.4 Å². The first-order chi connectivity index (χ1) is 7.54. The molecule has 0 saturated carbocycles. The van der Waals surface area contributed by atoms with Crippen molar-refractivity contribution >= 4 is 5.91 Å². The molecule has 88 valence electrons. The van der Waals surface area contributed by atoms with Gasteiger partial charge in [-0.15, -0.1) is 0 Å². The lowest BCUT2D eigenvalue weighted by Gasteiger charge is -2.13. The zero-order valence-electron chi connectivity index (χ0n) is 10.1. The summed E-state index contributed by atoms with van der Waals surface area (Å²) in [4.78, 5) is 11.8. The molecule has 0 aliphatic heterocycles. The van der Waals surface area contributed by atoms with Crippen molar-refractivity contribution in [2.75, 3.05) is 0 Å². The van der Waals surface area contributed by atoms with Crippen LogP contribution < -0.4 is 5.32 Å². The quantitative estimate of drug-likeness (QED) is 0.821. The molecule has 2 N–H and O–H groups in total. The SMILES string of the molecule is CCCC(C)NC(=O)c1cc(C)ccc1O. The van der Waals surface area contributed by atoms with Crippen LogP contribution in [0.15, 0.2) is 18.2 Å². The maximum atomic E-state index is 11.8. The monoisotopic (exact) mass is 221 g/mol. The molecule has 0 fully saturated rings. The fraction of sp³-hybridized carbons (Fsp3) is 0.462. The van der Waals surface area contributed by atoms with Gasteiger partial charge in [-0.25, -0.2) is 0 Å². The Labute approximate surface area is 96.5 Å². The molecule has 1 aromatic carbocycles. The van der Waals surface area contributed by atoms with Crippen molar-refractivity contribution in [2.24, 2.45) is 0 Å². The number of hydrogen-bond acceptors (Lipinski definition) is 2. The average Bonchev–Trinajstić information content (AvgIpc) is 2.21. The molecule has 0 heterocycles. The fourth-order valence-corrected chi connectivity index (χ4v) is 1.64. The third-order valence-electron chi connectivity index (χ3n) is 2.50. The van der Waals surface area contributed by atoms with Crippen LogP contribution in [0.3, 0.4) is 0 Å². The maximum absolute atomic E-state index is 11.8.